The number of H-pyrrole nitrogens is 1. The highest BCUT2D eigenvalue weighted by molar-refractivity contribution is 6.34. The van der Waals surface area contributed by atoms with Gasteiger partial charge in [0.25, 0.3) is 5.56 Å². The third kappa shape index (κ3) is 3.65. The fourth-order valence-electron chi connectivity index (χ4n) is 3.14. The standard InChI is InChI=1S/C23H19ClN2O3/c1-26(2)15-10-8-14(9-11-15)17-12-18-20(13-19(17)24)25-23(28)22(21(18)27)29-16-6-4-3-5-7-16/h3-13H,1-2H3,(H2,25,27,28). The molecule has 1 aromatic heterocycles. The lowest BCUT2D eigenvalue weighted by Crippen LogP contribution is -2.09. The number of anilines is 1. The summed E-state index contributed by atoms with van der Waals surface area (Å²) >= 11 is 6.47. The number of halogens is 1. The van der Waals surface area contributed by atoms with E-state index in [0.717, 1.165) is 16.8 Å². The van der Waals surface area contributed by atoms with Crippen LogP contribution in [0.4, 0.5) is 5.69 Å². The van der Waals surface area contributed by atoms with Crippen LogP contribution in [0.15, 0.2) is 71.5 Å². The fourth-order valence-corrected chi connectivity index (χ4v) is 3.42. The zero-order valence-corrected chi connectivity index (χ0v) is 16.7. The van der Waals surface area contributed by atoms with Gasteiger partial charge in [-0.25, -0.2) is 0 Å². The van der Waals surface area contributed by atoms with Crippen molar-refractivity contribution in [1.29, 1.82) is 0 Å². The predicted molar refractivity (Wildman–Crippen MR) is 118 cm³/mol. The van der Waals surface area contributed by atoms with E-state index in [1.807, 2.05) is 49.3 Å². The molecule has 6 heteroatoms. The summed E-state index contributed by atoms with van der Waals surface area (Å²) in [7, 11) is 3.95. The van der Waals surface area contributed by atoms with Crippen LogP contribution in [0.2, 0.25) is 5.02 Å². The minimum absolute atomic E-state index is 0.153. The number of nitrogens with zero attached hydrogens (tertiary/aromatic N) is 1. The average molecular weight is 407 g/mol. The molecule has 0 saturated heterocycles. The Labute approximate surface area is 172 Å². The summed E-state index contributed by atoms with van der Waals surface area (Å²) in [6.45, 7) is 0. The Morgan fingerprint density at radius 1 is 1.00 bits per heavy atom. The van der Waals surface area contributed by atoms with E-state index in [2.05, 4.69) is 4.98 Å². The summed E-state index contributed by atoms with van der Waals surface area (Å²) in [6.07, 6.45) is 0. The van der Waals surface area contributed by atoms with E-state index in [9.17, 15) is 9.90 Å². The normalized spacial score (nSPS) is 10.9. The molecule has 4 aromatic rings. The van der Waals surface area contributed by atoms with Gasteiger partial charge in [-0.1, -0.05) is 41.9 Å². The molecule has 0 amide bonds. The van der Waals surface area contributed by atoms with Gasteiger partial charge >= 0.3 is 0 Å². The van der Waals surface area contributed by atoms with Crippen LogP contribution in [0, 0.1) is 0 Å². The van der Waals surface area contributed by atoms with Crippen molar-refractivity contribution in [2.24, 2.45) is 0 Å². The van der Waals surface area contributed by atoms with Crippen molar-refractivity contribution in [3.05, 3.63) is 82.1 Å². The molecule has 0 bridgehead atoms. The maximum Gasteiger partial charge on any atom is 0.295 e. The van der Waals surface area contributed by atoms with E-state index in [1.54, 1.807) is 36.4 Å². The molecule has 1 heterocycles. The van der Waals surface area contributed by atoms with Crippen molar-refractivity contribution in [2.75, 3.05) is 19.0 Å². The molecule has 0 saturated carbocycles. The topological polar surface area (TPSA) is 65.6 Å². The van der Waals surface area contributed by atoms with Gasteiger partial charge < -0.3 is 19.7 Å². The highest BCUT2D eigenvalue weighted by Gasteiger charge is 2.17. The maximum atomic E-state index is 12.4. The number of hydrogen-bond acceptors (Lipinski definition) is 4. The number of para-hydroxylation sites is 1. The van der Waals surface area contributed by atoms with Crippen molar-refractivity contribution >= 4 is 28.2 Å². The Morgan fingerprint density at radius 3 is 2.34 bits per heavy atom. The fraction of sp³-hybridized carbons (Fsp3) is 0.0870. The number of fused-ring (bicyclic) bond motifs is 1. The van der Waals surface area contributed by atoms with Gasteiger partial charge in [-0.3, -0.25) is 4.79 Å². The highest BCUT2D eigenvalue weighted by atomic mass is 35.5. The molecule has 0 aliphatic carbocycles. The predicted octanol–water partition coefficient (Wildman–Crippen LogP) is 5.41. The second-order valence-electron chi connectivity index (χ2n) is 6.87. The Balaban J connectivity index is 1.84. The molecule has 4 rings (SSSR count). The van der Waals surface area contributed by atoms with Gasteiger partial charge in [0.2, 0.25) is 5.75 Å². The number of pyridine rings is 1. The molecule has 146 valence electrons. The van der Waals surface area contributed by atoms with Crippen LogP contribution in [0.1, 0.15) is 0 Å². The van der Waals surface area contributed by atoms with E-state index in [4.69, 9.17) is 16.3 Å². The molecule has 29 heavy (non-hydrogen) atoms. The van der Waals surface area contributed by atoms with Crippen LogP contribution >= 0.6 is 11.6 Å². The van der Waals surface area contributed by atoms with Crippen LogP contribution < -0.4 is 15.2 Å². The molecule has 3 aromatic carbocycles. The summed E-state index contributed by atoms with van der Waals surface area (Å²) in [5.41, 5.74) is 2.62. The number of hydrogen-bond donors (Lipinski definition) is 2. The Kier molecular flexibility index (Phi) is 4.91. The number of benzene rings is 3. The van der Waals surface area contributed by atoms with Crippen molar-refractivity contribution in [3.63, 3.8) is 0 Å². The van der Waals surface area contributed by atoms with E-state index < -0.39 is 5.56 Å². The monoisotopic (exact) mass is 406 g/mol. The molecular formula is C23H19ClN2O3. The minimum Gasteiger partial charge on any atom is -0.504 e. The summed E-state index contributed by atoms with van der Waals surface area (Å²) in [5, 5.41) is 11.7. The molecule has 0 radical (unpaired) electrons. The first-order valence-corrected chi connectivity index (χ1v) is 9.41. The molecule has 0 spiro atoms. The van der Waals surface area contributed by atoms with Gasteiger partial charge in [0, 0.05) is 30.7 Å². The van der Waals surface area contributed by atoms with E-state index in [-0.39, 0.29) is 11.5 Å². The zero-order valence-electron chi connectivity index (χ0n) is 15.9. The molecule has 0 aliphatic rings. The lowest BCUT2D eigenvalue weighted by molar-refractivity contribution is 0.410. The second kappa shape index (κ2) is 7.53. The van der Waals surface area contributed by atoms with Crippen molar-refractivity contribution < 1.29 is 9.84 Å². The molecule has 2 N–H and O–H groups in total. The SMILES string of the molecule is CN(C)c1ccc(-c2cc3c(O)c(Oc4ccccc4)c(=O)[nH]c3cc2Cl)cc1. The number of ether oxygens (including phenoxy) is 1. The first kappa shape index (κ1) is 18.9. The van der Waals surface area contributed by atoms with Crippen molar-refractivity contribution in [3.8, 4) is 28.4 Å². The summed E-state index contributed by atoms with van der Waals surface area (Å²) in [4.78, 5) is 17.2. The van der Waals surface area contributed by atoms with Crippen molar-refractivity contribution in [2.45, 2.75) is 0 Å². The van der Waals surface area contributed by atoms with Gasteiger partial charge in [0.1, 0.15) is 5.75 Å². The third-order valence-electron chi connectivity index (χ3n) is 4.69. The number of nitrogens with one attached hydrogen (secondary N) is 1. The third-order valence-corrected chi connectivity index (χ3v) is 5.00. The minimum atomic E-state index is -0.530. The lowest BCUT2D eigenvalue weighted by Gasteiger charge is -2.14. The molecule has 0 atom stereocenters. The molecule has 0 aliphatic heterocycles. The first-order valence-electron chi connectivity index (χ1n) is 9.03. The van der Waals surface area contributed by atoms with Crippen LogP contribution in [0.5, 0.6) is 17.2 Å². The second-order valence-corrected chi connectivity index (χ2v) is 7.27. The average Bonchev–Trinajstić information content (AvgIpc) is 2.71. The summed E-state index contributed by atoms with van der Waals surface area (Å²) < 4.78 is 5.63. The lowest BCUT2D eigenvalue weighted by atomic mass is 10.0. The van der Waals surface area contributed by atoms with Crippen LogP contribution in [0.3, 0.4) is 0 Å². The van der Waals surface area contributed by atoms with E-state index in [0.29, 0.717) is 21.7 Å². The Morgan fingerprint density at radius 2 is 1.69 bits per heavy atom. The Hall–Kier alpha value is -3.44. The number of aromatic nitrogens is 1. The quantitative estimate of drug-likeness (QED) is 0.475. The van der Waals surface area contributed by atoms with Gasteiger partial charge in [-0.2, -0.15) is 0 Å². The Bertz CT molecular complexity index is 1230. The van der Waals surface area contributed by atoms with Gasteiger partial charge in [-0.05, 0) is 42.0 Å². The molecule has 0 fully saturated rings. The van der Waals surface area contributed by atoms with Crippen LogP contribution in [0.25, 0.3) is 22.0 Å². The number of rotatable bonds is 4. The van der Waals surface area contributed by atoms with E-state index in [1.165, 1.54) is 0 Å². The van der Waals surface area contributed by atoms with Crippen LogP contribution in [-0.4, -0.2) is 24.2 Å². The largest absolute Gasteiger partial charge is 0.504 e. The zero-order chi connectivity index (χ0) is 20.5. The first-order chi connectivity index (χ1) is 13.9. The number of aromatic amines is 1. The highest BCUT2D eigenvalue weighted by Crippen LogP contribution is 2.38. The van der Waals surface area contributed by atoms with Crippen molar-refractivity contribution in [1.82, 2.24) is 4.98 Å². The maximum absolute atomic E-state index is 12.4. The van der Waals surface area contributed by atoms with Gasteiger partial charge in [0.15, 0.2) is 5.75 Å². The molecular weight excluding hydrogens is 388 g/mol. The van der Waals surface area contributed by atoms with Gasteiger partial charge in [0.05, 0.1) is 10.5 Å². The summed E-state index contributed by atoms with van der Waals surface area (Å²) in [5.74, 6) is 0.0801. The summed E-state index contributed by atoms with van der Waals surface area (Å²) in [6, 6.07) is 20.1. The van der Waals surface area contributed by atoms with E-state index >= 15 is 0 Å². The smallest absolute Gasteiger partial charge is 0.295 e. The van der Waals surface area contributed by atoms with Gasteiger partial charge in [-0.15, -0.1) is 0 Å². The molecule has 0 unspecified atom stereocenters. The van der Waals surface area contributed by atoms with Crippen LogP contribution in [-0.2, 0) is 0 Å². The molecule has 5 nitrogen and oxygen atoms in total. The number of aromatic hydroxyl groups is 1.